The molecule has 0 aliphatic rings. The molecular formula is C7HBrF3IN2O. The topological polar surface area (TPSA) is 45.9 Å². The Labute approximate surface area is 105 Å². The van der Waals surface area contributed by atoms with E-state index in [0.29, 0.717) is 0 Å². The molecule has 0 unspecified atom stereocenters. The molecule has 0 radical (unpaired) electrons. The fraction of sp³-hybridized carbons (Fsp3) is 0.143. The van der Waals surface area contributed by atoms with Crippen molar-refractivity contribution in [2.75, 3.05) is 0 Å². The van der Waals surface area contributed by atoms with E-state index >= 15 is 0 Å². The lowest BCUT2D eigenvalue weighted by Crippen LogP contribution is -2.19. The molecule has 0 bridgehead atoms. The Morgan fingerprint density at radius 2 is 2.13 bits per heavy atom. The predicted molar refractivity (Wildman–Crippen MR) is 56.1 cm³/mol. The maximum absolute atomic E-state index is 12.0. The second kappa shape index (κ2) is 4.52. The lowest BCUT2D eigenvalue weighted by Gasteiger charge is -2.11. The molecule has 1 aromatic rings. The van der Waals surface area contributed by atoms with Crippen molar-refractivity contribution in [1.82, 2.24) is 4.98 Å². The maximum Gasteiger partial charge on any atom is 0.573 e. The summed E-state index contributed by atoms with van der Waals surface area (Å²) in [4.78, 5) is 3.68. The van der Waals surface area contributed by atoms with Crippen molar-refractivity contribution >= 4 is 38.5 Å². The van der Waals surface area contributed by atoms with Crippen molar-refractivity contribution in [3.05, 3.63) is 19.9 Å². The molecule has 0 atom stereocenters. The molecular weight excluding hydrogens is 392 g/mol. The summed E-state index contributed by atoms with van der Waals surface area (Å²) in [6.07, 6.45) is -3.65. The van der Waals surface area contributed by atoms with E-state index in [0.717, 1.165) is 0 Å². The highest BCUT2D eigenvalue weighted by Crippen LogP contribution is 2.33. The highest BCUT2D eigenvalue weighted by atomic mass is 127. The SMILES string of the molecule is N#Cc1c(Br)ncc(I)c1OC(F)(F)F. The average Bonchev–Trinajstić information content (AvgIpc) is 2.10. The Hall–Kier alpha value is -0.560. The number of halogens is 5. The van der Waals surface area contributed by atoms with Crippen LogP contribution in [0.2, 0.25) is 0 Å². The molecule has 0 N–H and O–H groups in total. The van der Waals surface area contributed by atoms with Gasteiger partial charge in [-0.1, -0.05) is 0 Å². The first-order valence-electron chi connectivity index (χ1n) is 3.35. The standard InChI is InChI=1S/C7HBrF3IN2O/c8-6-3(1-13)5(4(12)2-14-6)15-7(9,10)11/h2H. The minimum Gasteiger partial charge on any atom is -0.403 e. The van der Waals surface area contributed by atoms with Crippen LogP contribution in [0.15, 0.2) is 10.8 Å². The zero-order valence-corrected chi connectivity index (χ0v) is 10.5. The van der Waals surface area contributed by atoms with Crippen LogP contribution in [0.1, 0.15) is 5.56 Å². The molecule has 8 heteroatoms. The van der Waals surface area contributed by atoms with Crippen LogP contribution >= 0.6 is 38.5 Å². The Balaban J connectivity index is 3.28. The van der Waals surface area contributed by atoms with Gasteiger partial charge in [0.15, 0.2) is 5.75 Å². The lowest BCUT2D eigenvalue weighted by atomic mass is 10.3. The van der Waals surface area contributed by atoms with E-state index in [1.807, 2.05) is 0 Å². The first-order chi connectivity index (χ1) is 6.85. The minimum atomic E-state index is -4.83. The number of rotatable bonds is 1. The average molecular weight is 393 g/mol. The third-order valence-electron chi connectivity index (χ3n) is 1.27. The Morgan fingerprint density at radius 1 is 1.53 bits per heavy atom. The molecule has 0 aromatic carbocycles. The summed E-state index contributed by atoms with van der Waals surface area (Å²) >= 11 is 4.47. The van der Waals surface area contributed by atoms with Gasteiger partial charge in [0.25, 0.3) is 0 Å². The molecule has 15 heavy (non-hydrogen) atoms. The van der Waals surface area contributed by atoms with E-state index in [-0.39, 0.29) is 13.7 Å². The van der Waals surface area contributed by atoms with Crippen LogP contribution in [0, 0.1) is 14.9 Å². The second-order valence-corrected chi connectivity index (χ2v) is 4.17. The third kappa shape index (κ3) is 3.20. The Morgan fingerprint density at radius 3 is 2.60 bits per heavy atom. The van der Waals surface area contributed by atoms with Crippen LogP contribution in [-0.2, 0) is 0 Å². The van der Waals surface area contributed by atoms with Crippen molar-refractivity contribution in [2.45, 2.75) is 6.36 Å². The fourth-order valence-electron chi connectivity index (χ4n) is 0.762. The maximum atomic E-state index is 12.0. The summed E-state index contributed by atoms with van der Waals surface area (Å²) in [5.74, 6) is -0.535. The fourth-order valence-corrected chi connectivity index (χ4v) is 1.65. The number of nitriles is 1. The van der Waals surface area contributed by atoms with E-state index < -0.39 is 12.1 Å². The lowest BCUT2D eigenvalue weighted by molar-refractivity contribution is -0.275. The number of hydrogen-bond acceptors (Lipinski definition) is 3. The number of aromatic nitrogens is 1. The summed E-state index contributed by atoms with van der Waals surface area (Å²) in [5, 5.41) is 8.65. The van der Waals surface area contributed by atoms with Crippen LogP contribution in [0.5, 0.6) is 5.75 Å². The Bertz CT molecular complexity index is 429. The quantitative estimate of drug-likeness (QED) is 0.544. The summed E-state index contributed by atoms with van der Waals surface area (Å²) in [6.45, 7) is 0. The van der Waals surface area contributed by atoms with Gasteiger partial charge in [0.1, 0.15) is 16.2 Å². The van der Waals surface area contributed by atoms with Crippen molar-refractivity contribution in [1.29, 1.82) is 5.26 Å². The smallest absolute Gasteiger partial charge is 0.403 e. The molecule has 0 aliphatic carbocycles. The molecule has 1 rings (SSSR count). The third-order valence-corrected chi connectivity index (χ3v) is 2.64. The second-order valence-electron chi connectivity index (χ2n) is 2.26. The number of nitrogens with zero attached hydrogens (tertiary/aromatic N) is 2. The first-order valence-corrected chi connectivity index (χ1v) is 5.22. The van der Waals surface area contributed by atoms with Crippen molar-refractivity contribution < 1.29 is 17.9 Å². The van der Waals surface area contributed by atoms with Gasteiger partial charge >= 0.3 is 6.36 Å². The molecule has 1 aromatic heterocycles. The van der Waals surface area contributed by atoms with E-state index in [9.17, 15) is 13.2 Å². The molecule has 0 aliphatic heterocycles. The van der Waals surface area contributed by atoms with E-state index in [2.05, 4.69) is 25.7 Å². The molecule has 3 nitrogen and oxygen atoms in total. The van der Waals surface area contributed by atoms with Gasteiger partial charge in [-0.15, -0.1) is 13.2 Å². The molecule has 80 valence electrons. The highest BCUT2D eigenvalue weighted by Gasteiger charge is 2.33. The molecule has 0 saturated carbocycles. The van der Waals surface area contributed by atoms with Crippen LogP contribution in [0.3, 0.4) is 0 Å². The van der Waals surface area contributed by atoms with Gasteiger partial charge in [0.2, 0.25) is 0 Å². The molecule has 0 spiro atoms. The first kappa shape index (κ1) is 12.5. The van der Waals surface area contributed by atoms with E-state index in [1.165, 1.54) is 6.20 Å². The number of ether oxygens (including phenoxy) is 1. The number of alkyl halides is 3. The van der Waals surface area contributed by atoms with Gasteiger partial charge in [-0.3, -0.25) is 0 Å². The monoisotopic (exact) mass is 392 g/mol. The summed E-state index contributed by atoms with van der Waals surface area (Å²) < 4.78 is 39.9. The van der Waals surface area contributed by atoms with Crippen LogP contribution in [0.4, 0.5) is 13.2 Å². The van der Waals surface area contributed by atoms with Gasteiger partial charge < -0.3 is 4.74 Å². The summed E-state index contributed by atoms with van der Waals surface area (Å²) in [7, 11) is 0. The van der Waals surface area contributed by atoms with Crippen LogP contribution in [0.25, 0.3) is 0 Å². The van der Waals surface area contributed by atoms with Gasteiger partial charge in [-0.2, -0.15) is 5.26 Å². The van der Waals surface area contributed by atoms with Gasteiger partial charge in [-0.05, 0) is 38.5 Å². The van der Waals surface area contributed by atoms with E-state index in [1.54, 1.807) is 28.7 Å². The highest BCUT2D eigenvalue weighted by molar-refractivity contribution is 14.1. The van der Waals surface area contributed by atoms with Gasteiger partial charge in [0, 0.05) is 6.20 Å². The molecule has 0 fully saturated rings. The number of hydrogen-bond donors (Lipinski definition) is 0. The van der Waals surface area contributed by atoms with Crippen LogP contribution in [-0.4, -0.2) is 11.3 Å². The molecule has 1 heterocycles. The largest absolute Gasteiger partial charge is 0.573 e. The summed E-state index contributed by atoms with van der Waals surface area (Å²) in [5.41, 5.74) is -0.278. The Kier molecular flexibility index (Phi) is 3.77. The van der Waals surface area contributed by atoms with Crippen molar-refractivity contribution in [2.24, 2.45) is 0 Å². The normalized spacial score (nSPS) is 10.9. The summed E-state index contributed by atoms with van der Waals surface area (Å²) in [6, 6.07) is 1.59. The number of pyridine rings is 1. The van der Waals surface area contributed by atoms with Crippen molar-refractivity contribution in [3.8, 4) is 11.8 Å². The van der Waals surface area contributed by atoms with Gasteiger partial charge in [-0.25, -0.2) is 4.98 Å². The predicted octanol–water partition coefficient (Wildman–Crippen LogP) is 3.22. The van der Waals surface area contributed by atoms with Crippen molar-refractivity contribution in [3.63, 3.8) is 0 Å². The van der Waals surface area contributed by atoms with Crippen LogP contribution < -0.4 is 4.74 Å². The van der Waals surface area contributed by atoms with Gasteiger partial charge in [0.05, 0.1) is 3.57 Å². The zero-order valence-electron chi connectivity index (χ0n) is 6.77. The zero-order chi connectivity index (χ0) is 11.6. The minimum absolute atomic E-state index is 0.0182. The van der Waals surface area contributed by atoms with E-state index in [4.69, 9.17) is 5.26 Å². The molecule has 0 amide bonds. The molecule has 0 saturated heterocycles.